The minimum absolute atomic E-state index is 0.110. The van der Waals surface area contributed by atoms with Crippen LogP contribution in [0.5, 0.6) is 5.75 Å². The van der Waals surface area contributed by atoms with Crippen LogP contribution in [0.2, 0.25) is 0 Å². The van der Waals surface area contributed by atoms with Crippen LogP contribution in [0.3, 0.4) is 0 Å². The lowest BCUT2D eigenvalue weighted by molar-refractivity contribution is 0.142. The molecule has 4 heteroatoms. The SMILES string of the molecule is Nc1ccc(OCC2(N)CCC2)cn1. The minimum Gasteiger partial charge on any atom is -0.490 e. The Kier molecular flexibility index (Phi) is 2.29. The van der Waals surface area contributed by atoms with Gasteiger partial charge in [-0.15, -0.1) is 0 Å². The number of ether oxygens (including phenoxy) is 1. The van der Waals surface area contributed by atoms with Gasteiger partial charge in [0.2, 0.25) is 0 Å². The van der Waals surface area contributed by atoms with Crippen molar-refractivity contribution in [1.82, 2.24) is 4.98 Å². The maximum atomic E-state index is 6.01. The molecule has 0 radical (unpaired) electrons. The molecule has 1 heterocycles. The molecule has 1 saturated carbocycles. The van der Waals surface area contributed by atoms with E-state index < -0.39 is 0 Å². The van der Waals surface area contributed by atoms with Gasteiger partial charge < -0.3 is 16.2 Å². The fourth-order valence-corrected chi connectivity index (χ4v) is 1.48. The zero-order valence-corrected chi connectivity index (χ0v) is 8.07. The fourth-order valence-electron chi connectivity index (χ4n) is 1.48. The van der Waals surface area contributed by atoms with Crippen LogP contribution < -0.4 is 16.2 Å². The van der Waals surface area contributed by atoms with Crippen LogP contribution in [0.15, 0.2) is 18.3 Å². The molecule has 0 amide bonds. The molecule has 0 aromatic carbocycles. The van der Waals surface area contributed by atoms with Crippen molar-refractivity contribution in [3.63, 3.8) is 0 Å². The van der Waals surface area contributed by atoms with Crippen molar-refractivity contribution in [3.05, 3.63) is 18.3 Å². The van der Waals surface area contributed by atoms with E-state index in [0.29, 0.717) is 12.4 Å². The molecule has 0 atom stereocenters. The lowest BCUT2D eigenvalue weighted by Gasteiger charge is -2.37. The Balaban J connectivity index is 1.88. The Bertz CT molecular complexity index is 306. The van der Waals surface area contributed by atoms with Crippen LogP contribution in [0.25, 0.3) is 0 Å². The molecule has 1 aromatic rings. The lowest BCUT2D eigenvalue weighted by atomic mass is 9.78. The number of pyridine rings is 1. The third kappa shape index (κ3) is 1.96. The third-order valence-electron chi connectivity index (χ3n) is 2.63. The van der Waals surface area contributed by atoms with Gasteiger partial charge in [-0.2, -0.15) is 0 Å². The first-order valence-corrected chi connectivity index (χ1v) is 4.81. The summed E-state index contributed by atoms with van der Waals surface area (Å²) >= 11 is 0. The molecule has 1 aliphatic carbocycles. The van der Waals surface area contributed by atoms with Gasteiger partial charge in [-0.1, -0.05) is 0 Å². The average molecular weight is 193 g/mol. The van der Waals surface area contributed by atoms with E-state index in [4.69, 9.17) is 16.2 Å². The van der Waals surface area contributed by atoms with Crippen molar-refractivity contribution in [3.8, 4) is 5.75 Å². The highest BCUT2D eigenvalue weighted by atomic mass is 16.5. The predicted octanol–water partition coefficient (Wildman–Crippen LogP) is 0.924. The summed E-state index contributed by atoms with van der Waals surface area (Å²) in [5.74, 6) is 1.24. The van der Waals surface area contributed by atoms with E-state index in [1.165, 1.54) is 6.42 Å². The normalized spacial score (nSPS) is 18.6. The number of hydrogen-bond donors (Lipinski definition) is 2. The quantitative estimate of drug-likeness (QED) is 0.748. The maximum absolute atomic E-state index is 6.01. The van der Waals surface area contributed by atoms with E-state index in [1.54, 1.807) is 12.3 Å². The van der Waals surface area contributed by atoms with E-state index in [9.17, 15) is 0 Å². The Labute approximate surface area is 83.3 Å². The maximum Gasteiger partial charge on any atom is 0.137 e. The molecular weight excluding hydrogens is 178 g/mol. The highest BCUT2D eigenvalue weighted by Gasteiger charge is 2.33. The summed E-state index contributed by atoms with van der Waals surface area (Å²) in [7, 11) is 0. The van der Waals surface area contributed by atoms with Crippen LogP contribution in [0.1, 0.15) is 19.3 Å². The molecule has 1 aromatic heterocycles. The average Bonchev–Trinajstić information content (AvgIpc) is 2.14. The summed E-state index contributed by atoms with van der Waals surface area (Å²) in [5.41, 5.74) is 11.4. The molecule has 76 valence electrons. The number of rotatable bonds is 3. The topological polar surface area (TPSA) is 74.2 Å². The van der Waals surface area contributed by atoms with Crippen LogP contribution in [0, 0.1) is 0 Å². The van der Waals surface area contributed by atoms with Gasteiger partial charge in [-0.3, -0.25) is 0 Å². The van der Waals surface area contributed by atoms with E-state index in [-0.39, 0.29) is 5.54 Å². The molecule has 1 aliphatic rings. The second kappa shape index (κ2) is 3.46. The summed E-state index contributed by atoms with van der Waals surface area (Å²) in [6, 6.07) is 3.53. The first kappa shape index (κ1) is 9.27. The minimum atomic E-state index is -0.110. The van der Waals surface area contributed by atoms with Gasteiger partial charge >= 0.3 is 0 Å². The predicted molar refractivity (Wildman–Crippen MR) is 54.9 cm³/mol. The van der Waals surface area contributed by atoms with Gasteiger partial charge in [0.1, 0.15) is 18.2 Å². The monoisotopic (exact) mass is 193 g/mol. The number of aromatic nitrogens is 1. The largest absolute Gasteiger partial charge is 0.490 e. The van der Waals surface area contributed by atoms with Crippen LogP contribution >= 0.6 is 0 Å². The molecule has 0 unspecified atom stereocenters. The lowest BCUT2D eigenvalue weighted by Crippen LogP contribution is -2.51. The molecule has 0 saturated heterocycles. The van der Waals surface area contributed by atoms with Crippen molar-refractivity contribution < 1.29 is 4.74 Å². The Hall–Kier alpha value is -1.29. The second-order valence-corrected chi connectivity index (χ2v) is 3.92. The summed E-state index contributed by atoms with van der Waals surface area (Å²) < 4.78 is 5.52. The molecule has 4 N–H and O–H groups in total. The Morgan fingerprint density at radius 3 is 2.71 bits per heavy atom. The third-order valence-corrected chi connectivity index (χ3v) is 2.63. The Morgan fingerprint density at radius 2 is 2.21 bits per heavy atom. The zero-order valence-electron chi connectivity index (χ0n) is 8.07. The number of nitrogens with zero attached hydrogens (tertiary/aromatic N) is 1. The smallest absolute Gasteiger partial charge is 0.137 e. The van der Waals surface area contributed by atoms with Crippen molar-refractivity contribution >= 4 is 5.82 Å². The van der Waals surface area contributed by atoms with Gasteiger partial charge in [0.15, 0.2) is 0 Å². The van der Waals surface area contributed by atoms with Crippen molar-refractivity contribution in [2.45, 2.75) is 24.8 Å². The van der Waals surface area contributed by atoms with Crippen LogP contribution in [-0.2, 0) is 0 Å². The molecule has 0 bridgehead atoms. The van der Waals surface area contributed by atoms with Crippen molar-refractivity contribution in [2.75, 3.05) is 12.3 Å². The highest BCUT2D eigenvalue weighted by Crippen LogP contribution is 2.29. The van der Waals surface area contributed by atoms with E-state index in [2.05, 4.69) is 4.98 Å². The highest BCUT2D eigenvalue weighted by molar-refractivity contribution is 5.32. The van der Waals surface area contributed by atoms with Crippen LogP contribution in [0.4, 0.5) is 5.82 Å². The second-order valence-electron chi connectivity index (χ2n) is 3.92. The molecule has 1 fully saturated rings. The summed E-state index contributed by atoms with van der Waals surface area (Å²) in [5, 5.41) is 0. The zero-order chi connectivity index (χ0) is 10.0. The van der Waals surface area contributed by atoms with Gasteiger partial charge in [0, 0.05) is 0 Å². The molecule has 0 aliphatic heterocycles. The van der Waals surface area contributed by atoms with Crippen molar-refractivity contribution in [1.29, 1.82) is 0 Å². The van der Waals surface area contributed by atoms with E-state index in [1.807, 2.05) is 6.07 Å². The van der Waals surface area contributed by atoms with Gasteiger partial charge in [-0.25, -0.2) is 4.98 Å². The molecule has 4 nitrogen and oxygen atoms in total. The number of nitrogens with two attached hydrogens (primary N) is 2. The van der Waals surface area contributed by atoms with Gasteiger partial charge in [0.05, 0.1) is 11.7 Å². The molecule has 14 heavy (non-hydrogen) atoms. The Morgan fingerprint density at radius 1 is 1.43 bits per heavy atom. The number of anilines is 1. The summed E-state index contributed by atoms with van der Waals surface area (Å²) in [6.45, 7) is 0.568. The van der Waals surface area contributed by atoms with Gasteiger partial charge in [-0.05, 0) is 31.4 Å². The van der Waals surface area contributed by atoms with E-state index in [0.717, 1.165) is 18.6 Å². The molecule has 0 spiro atoms. The summed E-state index contributed by atoms with van der Waals surface area (Å²) in [4.78, 5) is 3.94. The summed E-state index contributed by atoms with van der Waals surface area (Å²) in [6.07, 6.45) is 4.93. The van der Waals surface area contributed by atoms with Crippen LogP contribution in [-0.4, -0.2) is 17.1 Å². The molecular formula is C10H15N3O. The van der Waals surface area contributed by atoms with E-state index >= 15 is 0 Å². The fraction of sp³-hybridized carbons (Fsp3) is 0.500. The van der Waals surface area contributed by atoms with Crippen molar-refractivity contribution in [2.24, 2.45) is 5.73 Å². The first-order chi connectivity index (χ1) is 6.68. The first-order valence-electron chi connectivity index (χ1n) is 4.81. The number of nitrogen functional groups attached to an aromatic ring is 1. The molecule has 2 rings (SSSR count). The van der Waals surface area contributed by atoms with Gasteiger partial charge in [0.25, 0.3) is 0 Å². The number of hydrogen-bond acceptors (Lipinski definition) is 4. The standard InChI is InChI=1S/C10H15N3O/c11-9-3-2-8(6-13-9)14-7-10(12)4-1-5-10/h2-3,6H,1,4-5,7,12H2,(H2,11,13).